The number of fused-ring (bicyclic) bond motifs is 1. The second-order valence-corrected chi connectivity index (χ2v) is 8.19. The molecule has 3 aliphatic rings. The lowest BCUT2D eigenvalue weighted by atomic mass is 9.90. The summed E-state index contributed by atoms with van der Waals surface area (Å²) in [7, 11) is 0. The van der Waals surface area contributed by atoms with E-state index in [1.54, 1.807) is 12.4 Å². The summed E-state index contributed by atoms with van der Waals surface area (Å²) in [5, 5.41) is 4.59. The van der Waals surface area contributed by atoms with Gasteiger partial charge in [-0.15, -0.1) is 0 Å². The van der Waals surface area contributed by atoms with Crippen LogP contribution in [0.2, 0.25) is 0 Å². The monoisotopic (exact) mass is 370 g/mol. The number of aromatic nitrogens is 2. The van der Waals surface area contributed by atoms with Gasteiger partial charge in [-0.05, 0) is 56.1 Å². The zero-order valence-electron chi connectivity index (χ0n) is 15.7. The third-order valence-electron chi connectivity index (χ3n) is 6.37. The molecule has 144 valence electrons. The van der Waals surface area contributed by atoms with Gasteiger partial charge in [0.2, 0.25) is 0 Å². The van der Waals surface area contributed by atoms with Gasteiger partial charge in [0, 0.05) is 36.6 Å². The van der Waals surface area contributed by atoms with E-state index in [9.17, 15) is 4.39 Å². The predicted octanol–water partition coefficient (Wildman–Crippen LogP) is 3.70. The van der Waals surface area contributed by atoms with Gasteiger partial charge in [0.05, 0.1) is 18.7 Å². The molecule has 1 aromatic carbocycles. The highest BCUT2D eigenvalue weighted by molar-refractivity contribution is 5.89. The van der Waals surface area contributed by atoms with Gasteiger partial charge < -0.3 is 10.1 Å². The SMILES string of the molecule is Fc1cc2ncnc(N[C@H]3CC[C@H](N4CCOCC4)CC3)c2cc1C1CC1. The van der Waals surface area contributed by atoms with E-state index in [1.165, 1.54) is 12.8 Å². The van der Waals surface area contributed by atoms with E-state index in [2.05, 4.69) is 20.2 Å². The standard InChI is InChI=1S/C21H27FN4O/c22-19-12-20-18(11-17(19)14-1-2-14)21(24-13-23-20)25-15-3-5-16(6-4-15)26-7-9-27-10-8-26/h11-16H,1-10H2,(H,23,24,25)/t15-,16-. The average Bonchev–Trinajstić information content (AvgIpc) is 3.54. The van der Waals surface area contributed by atoms with Crippen molar-refractivity contribution in [3.8, 4) is 0 Å². The first-order valence-corrected chi connectivity index (χ1v) is 10.3. The molecular formula is C21H27FN4O. The molecular weight excluding hydrogens is 343 g/mol. The minimum atomic E-state index is -0.124. The highest BCUT2D eigenvalue weighted by atomic mass is 19.1. The fourth-order valence-corrected chi connectivity index (χ4v) is 4.64. The Balaban J connectivity index is 1.29. The second kappa shape index (κ2) is 7.32. The van der Waals surface area contributed by atoms with Crippen LogP contribution in [0.15, 0.2) is 18.5 Å². The van der Waals surface area contributed by atoms with Gasteiger partial charge in [0.1, 0.15) is 18.0 Å². The van der Waals surface area contributed by atoms with Crippen LogP contribution in [0.4, 0.5) is 10.2 Å². The first-order valence-electron chi connectivity index (χ1n) is 10.3. The number of rotatable bonds is 4. The molecule has 0 unspecified atom stereocenters. The number of morpholine rings is 1. The molecule has 0 spiro atoms. The Bertz CT molecular complexity index is 811. The Morgan fingerprint density at radius 1 is 1.00 bits per heavy atom. The lowest BCUT2D eigenvalue weighted by Crippen LogP contribution is -2.46. The molecule has 0 bridgehead atoms. The summed E-state index contributed by atoms with van der Waals surface area (Å²) < 4.78 is 19.8. The van der Waals surface area contributed by atoms with E-state index in [-0.39, 0.29) is 5.82 Å². The van der Waals surface area contributed by atoms with Crippen LogP contribution in [0, 0.1) is 5.82 Å². The summed E-state index contributed by atoms with van der Waals surface area (Å²) in [6.45, 7) is 3.86. The van der Waals surface area contributed by atoms with Crippen molar-refractivity contribution in [2.24, 2.45) is 0 Å². The predicted molar refractivity (Wildman–Crippen MR) is 104 cm³/mol. The van der Waals surface area contributed by atoms with Crippen LogP contribution in [-0.4, -0.2) is 53.3 Å². The van der Waals surface area contributed by atoms with Crippen LogP contribution < -0.4 is 5.32 Å². The van der Waals surface area contributed by atoms with Gasteiger partial charge in [0.25, 0.3) is 0 Å². The number of nitrogens with zero attached hydrogens (tertiary/aromatic N) is 3. The van der Waals surface area contributed by atoms with Crippen molar-refractivity contribution in [3.05, 3.63) is 29.8 Å². The average molecular weight is 370 g/mol. The van der Waals surface area contributed by atoms with E-state index >= 15 is 0 Å². The van der Waals surface area contributed by atoms with Gasteiger partial charge in [-0.1, -0.05) is 0 Å². The van der Waals surface area contributed by atoms with E-state index < -0.39 is 0 Å². The molecule has 6 heteroatoms. The van der Waals surface area contributed by atoms with Gasteiger partial charge in [0.15, 0.2) is 0 Å². The molecule has 3 fully saturated rings. The molecule has 2 heterocycles. The molecule has 5 nitrogen and oxygen atoms in total. The fraction of sp³-hybridized carbons (Fsp3) is 0.619. The first-order chi connectivity index (χ1) is 13.3. The molecule has 1 N–H and O–H groups in total. The molecule has 1 aliphatic heterocycles. The molecule has 5 rings (SSSR count). The molecule has 2 saturated carbocycles. The number of hydrogen-bond donors (Lipinski definition) is 1. The number of ether oxygens (including phenoxy) is 1. The Labute approximate surface area is 159 Å². The van der Waals surface area contributed by atoms with E-state index in [4.69, 9.17) is 4.74 Å². The highest BCUT2D eigenvalue weighted by Gasteiger charge is 2.29. The maximum atomic E-state index is 14.3. The van der Waals surface area contributed by atoms with Crippen LogP contribution >= 0.6 is 0 Å². The van der Waals surface area contributed by atoms with Crippen molar-refractivity contribution in [2.75, 3.05) is 31.6 Å². The normalized spacial score (nSPS) is 27.0. The maximum Gasteiger partial charge on any atom is 0.137 e. The number of benzene rings is 1. The molecule has 2 aliphatic carbocycles. The summed E-state index contributed by atoms with van der Waals surface area (Å²) in [6.07, 6.45) is 8.43. The number of halogens is 1. The largest absolute Gasteiger partial charge is 0.379 e. The number of nitrogens with one attached hydrogen (secondary N) is 1. The summed E-state index contributed by atoms with van der Waals surface area (Å²) in [5.74, 6) is 1.11. The number of hydrogen-bond acceptors (Lipinski definition) is 5. The maximum absolute atomic E-state index is 14.3. The van der Waals surface area contributed by atoms with Crippen molar-refractivity contribution in [3.63, 3.8) is 0 Å². The molecule has 0 atom stereocenters. The Morgan fingerprint density at radius 2 is 1.78 bits per heavy atom. The molecule has 1 aromatic heterocycles. The van der Waals surface area contributed by atoms with Gasteiger partial charge in [-0.25, -0.2) is 14.4 Å². The van der Waals surface area contributed by atoms with Crippen molar-refractivity contribution >= 4 is 16.7 Å². The molecule has 2 aromatic rings. The molecule has 0 amide bonds. The number of anilines is 1. The summed E-state index contributed by atoms with van der Waals surface area (Å²) in [6, 6.07) is 4.66. The third kappa shape index (κ3) is 3.65. The Morgan fingerprint density at radius 3 is 2.52 bits per heavy atom. The van der Waals surface area contributed by atoms with Crippen LogP contribution in [0.1, 0.15) is 50.0 Å². The van der Waals surface area contributed by atoms with Crippen molar-refractivity contribution in [1.29, 1.82) is 0 Å². The zero-order valence-corrected chi connectivity index (χ0v) is 15.7. The van der Waals surface area contributed by atoms with Crippen LogP contribution in [0.25, 0.3) is 10.9 Å². The van der Waals surface area contributed by atoms with Crippen molar-refractivity contribution in [1.82, 2.24) is 14.9 Å². The van der Waals surface area contributed by atoms with Crippen LogP contribution in [0.5, 0.6) is 0 Å². The summed E-state index contributed by atoms with van der Waals surface area (Å²) >= 11 is 0. The first kappa shape index (κ1) is 17.3. The van der Waals surface area contributed by atoms with Crippen LogP contribution in [0.3, 0.4) is 0 Å². The minimum Gasteiger partial charge on any atom is -0.379 e. The van der Waals surface area contributed by atoms with E-state index in [0.717, 1.165) is 68.8 Å². The van der Waals surface area contributed by atoms with Gasteiger partial charge in [-0.3, -0.25) is 4.90 Å². The van der Waals surface area contributed by atoms with E-state index in [0.29, 0.717) is 23.5 Å². The smallest absolute Gasteiger partial charge is 0.137 e. The highest BCUT2D eigenvalue weighted by Crippen LogP contribution is 2.42. The topological polar surface area (TPSA) is 50.3 Å². The summed E-state index contributed by atoms with van der Waals surface area (Å²) in [5.41, 5.74) is 1.52. The quantitative estimate of drug-likeness (QED) is 0.889. The molecule has 0 radical (unpaired) electrons. The molecule has 27 heavy (non-hydrogen) atoms. The fourth-order valence-electron chi connectivity index (χ4n) is 4.64. The lowest BCUT2D eigenvalue weighted by molar-refractivity contribution is 0.00791. The van der Waals surface area contributed by atoms with Crippen LogP contribution in [-0.2, 0) is 4.74 Å². The third-order valence-corrected chi connectivity index (χ3v) is 6.37. The molecule has 1 saturated heterocycles. The summed E-state index contributed by atoms with van der Waals surface area (Å²) in [4.78, 5) is 11.4. The Hall–Kier alpha value is -1.79. The minimum absolute atomic E-state index is 0.124. The Kier molecular flexibility index (Phi) is 4.70. The van der Waals surface area contributed by atoms with Gasteiger partial charge >= 0.3 is 0 Å². The lowest BCUT2D eigenvalue weighted by Gasteiger charge is -2.39. The van der Waals surface area contributed by atoms with Gasteiger partial charge in [-0.2, -0.15) is 0 Å². The van der Waals surface area contributed by atoms with Crippen molar-refractivity contribution < 1.29 is 9.13 Å². The van der Waals surface area contributed by atoms with E-state index in [1.807, 2.05) is 6.07 Å². The zero-order chi connectivity index (χ0) is 18.2. The second-order valence-electron chi connectivity index (χ2n) is 8.19. The van der Waals surface area contributed by atoms with Crippen molar-refractivity contribution in [2.45, 2.75) is 56.5 Å².